The molecule has 1 atom stereocenters. The number of ether oxygens (including phenoxy) is 1. The maximum absolute atomic E-state index is 14.0. The molecule has 10 nitrogen and oxygen atoms in total. The number of carbonyl (C=O) groups excluding carboxylic acids is 2. The van der Waals surface area contributed by atoms with Crippen LogP contribution in [0.25, 0.3) is 0 Å². The SMILES string of the molecule is C[C@@H](NS(=O)(=O)CCc1cc(N2CC(=O)NC2=O)no1)c1ccc(F)c(OCC2CC2)c1. The van der Waals surface area contributed by atoms with Crippen LogP contribution in [0.5, 0.6) is 5.75 Å². The number of anilines is 1. The quantitative estimate of drug-likeness (QED) is 0.511. The van der Waals surface area contributed by atoms with E-state index in [1.54, 1.807) is 6.92 Å². The first kappa shape index (κ1) is 22.2. The molecule has 1 aliphatic heterocycles. The van der Waals surface area contributed by atoms with Crippen LogP contribution in [0.4, 0.5) is 15.0 Å². The molecule has 1 aromatic heterocycles. The van der Waals surface area contributed by atoms with Gasteiger partial charge in [0.15, 0.2) is 17.4 Å². The molecule has 1 aromatic carbocycles. The third kappa shape index (κ3) is 5.43. The van der Waals surface area contributed by atoms with Gasteiger partial charge in [0.25, 0.3) is 0 Å². The van der Waals surface area contributed by atoms with Crippen LogP contribution in [0, 0.1) is 11.7 Å². The summed E-state index contributed by atoms with van der Waals surface area (Å²) in [4.78, 5) is 24.0. The summed E-state index contributed by atoms with van der Waals surface area (Å²) in [5, 5.41) is 5.84. The highest BCUT2D eigenvalue weighted by molar-refractivity contribution is 7.89. The molecule has 1 saturated heterocycles. The Morgan fingerprint density at radius 1 is 1.34 bits per heavy atom. The number of nitrogens with one attached hydrogen (secondary N) is 2. The van der Waals surface area contributed by atoms with Gasteiger partial charge in [-0.15, -0.1) is 0 Å². The molecule has 3 amide bonds. The Morgan fingerprint density at radius 2 is 2.12 bits per heavy atom. The first-order valence-electron chi connectivity index (χ1n) is 10.2. The van der Waals surface area contributed by atoms with Gasteiger partial charge in [0.05, 0.1) is 12.4 Å². The molecule has 0 radical (unpaired) electrons. The minimum Gasteiger partial charge on any atom is -0.490 e. The number of nitrogens with zero attached hydrogens (tertiary/aromatic N) is 2. The second kappa shape index (κ2) is 8.87. The Labute approximate surface area is 184 Å². The van der Waals surface area contributed by atoms with Crippen molar-refractivity contribution < 1.29 is 31.7 Å². The van der Waals surface area contributed by atoms with E-state index in [0.717, 1.165) is 17.7 Å². The number of benzene rings is 1. The number of sulfonamides is 1. The Morgan fingerprint density at radius 3 is 2.81 bits per heavy atom. The van der Waals surface area contributed by atoms with Gasteiger partial charge in [0.1, 0.15) is 12.3 Å². The van der Waals surface area contributed by atoms with E-state index >= 15 is 0 Å². The number of aromatic nitrogens is 1. The highest BCUT2D eigenvalue weighted by atomic mass is 32.2. The lowest BCUT2D eigenvalue weighted by atomic mass is 10.1. The van der Waals surface area contributed by atoms with Crippen molar-refractivity contribution in [1.29, 1.82) is 0 Å². The van der Waals surface area contributed by atoms with Crippen molar-refractivity contribution in [3.8, 4) is 5.75 Å². The van der Waals surface area contributed by atoms with E-state index in [0.29, 0.717) is 18.1 Å². The number of imide groups is 1. The Hall–Kier alpha value is -2.99. The molecule has 1 saturated carbocycles. The summed E-state index contributed by atoms with van der Waals surface area (Å²) in [5.74, 6) is -0.274. The van der Waals surface area contributed by atoms with E-state index in [4.69, 9.17) is 9.26 Å². The van der Waals surface area contributed by atoms with Crippen LogP contribution >= 0.6 is 0 Å². The van der Waals surface area contributed by atoms with E-state index in [1.807, 2.05) is 0 Å². The zero-order chi connectivity index (χ0) is 22.9. The van der Waals surface area contributed by atoms with E-state index in [2.05, 4.69) is 15.2 Å². The van der Waals surface area contributed by atoms with Crippen molar-refractivity contribution in [2.75, 3.05) is 23.8 Å². The summed E-state index contributed by atoms with van der Waals surface area (Å²) in [5.41, 5.74) is 0.576. The maximum Gasteiger partial charge on any atom is 0.330 e. The van der Waals surface area contributed by atoms with Crippen LogP contribution in [0.1, 0.15) is 37.1 Å². The van der Waals surface area contributed by atoms with Gasteiger partial charge in [0.2, 0.25) is 15.9 Å². The number of amides is 3. The van der Waals surface area contributed by atoms with Gasteiger partial charge in [-0.1, -0.05) is 11.2 Å². The lowest BCUT2D eigenvalue weighted by Crippen LogP contribution is -2.30. The van der Waals surface area contributed by atoms with Gasteiger partial charge in [-0.2, -0.15) is 0 Å². The molecule has 2 fully saturated rings. The molecular weight excluding hydrogens is 443 g/mol. The topological polar surface area (TPSA) is 131 Å². The summed E-state index contributed by atoms with van der Waals surface area (Å²) in [6.07, 6.45) is 2.17. The highest BCUT2D eigenvalue weighted by Gasteiger charge is 2.30. The van der Waals surface area contributed by atoms with Gasteiger partial charge in [-0.25, -0.2) is 22.3 Å². The summed E-state index contributed by atoms with van der Waals surface area (Å²) < 4.78 is 52.2. The van der Waals surface area contributed by atoms with Gasteiger partial charge in [-0.05, 0) is 43.4 Å². The van der Waals surface area contributed by atoms with Gasteiger partial charge in [-0.3, -0.25) is 15.0 Å². The lowest BCUT2D eigenvalue weighted by Gasteiger charge is -2.16. The van der Waals surface area contributed by atoms with Gasteiger partial charge in [0, 0.05) is 18.5 Å². The molecule has 0 bridgehead atoms. The normalized spacial score (nSPS) is 17.5. The van der Waals surface area contributed by atoms with E-state index < -0.39 is 33.8 Å². The van der Waals surface area contributed by atoms with Gasteiger partial charge < -0.3 is 9.26 Å². The monoisotopic (exact) mass is 466 g/mol. The molecule has 32 heavy (non-hydrogen) atoms. The molecule has 0 spiro atoms. The van der Waals surface area contributed by atoms with Crippen LogP contribution in [-0.2, 0) is 21.2 Å². The van der Waals surface area contributed by atoms with Crippen molar-refractivity contribution in [1.82, 2.24) is 15.2 Å². The van der Waals surface area contributed by atoms with E-state index in [9.17, 15) is 22.4 Å². The van der Waals surface area contributed by atoms with Crippen molar-refractivity contribution in [3.05, 3.63) is 41.4 Å². The fraction of sp³-hybridized carbons (Fsp3) is 0.450. The number of carbonyl (C=O) groups is 2. The second-order valence-corrected chi connectivity index (χ2v) is 9.82. The van der Waals surface area contributed by atoms with Crippen LogP contribution in [0.2, 0.25) is 0 Å². The zero-order valence-corrected chi connectivity index (χ0v) is 18.2. The van der Waals surface area contributed by atoms with Crippen molar-refractivity contribution in [2.45, 2.75) is 32.2 Å². The second-order valence-electron chi connectivity index (χ2n) is 7.94. The average molecular weight is 466 g/mol. The number of hydrogen-bond acceptors (Lipinski definition) is 7. The maximum atomic E-state index is 14.0. The molecule has 12 heteroatoms. The molecule has 2 aromatic rings. The molecule has 2 heterocycles. The van der Waals surface area contributed by atoms with Crippen LogP contribution in [0.15, 0.2) is 28.8 Å². The molecule has 4 rings (SSSR count). The number of hydrogen-bond donors (Lipinski definition) is 2. The summed E-state index contributed by atoms with van der Waals surface area (Å²) in [7, 11) is -3.71. The van der Waals surface area contributed by atoms with Crippen molar-refractivity contribution >= 4 is 27.8 Å². The van der Waals surface area contributed by atoms with Crippen molar-refractivity contribution in [3.63, 3.8) is 0 Å². The summed E-state index contributed by atoms with van der Waals surface area (Å²) >= 11 is 0. The number of urea groups is 1. The number of aryl methyl sites for hydroxylation is 1. The summed E-state index contributed by atoms with van der Waals surface area (Å²) in [6.45, 7) is 1.93. The first-order chi connectivity index (χ1) is 15.2. The Kier molecular flexibility index (Phi) is 6.15. The minimum atomic E-state index is -3.71. The standard InChI is InChI=1S/C20H23FN4O6S/c1-12(14-4-5-16(21)17(8-14)30-11-13-2-3-13)24-32(28,29)7-6-15-9-18(23-31-15)25-10-19(26)22-20(25)27/h4-5,8-9,12-13,24H,2-3,6-7,10-11H2,1H3,(H,22,26,27)/t12-/m1/s1. The Balaban J connectivity index is 1.33. The molecular formula is C20H23FN4O6S. The predicted octanol–water partition coefficient (Wildman–Crippen LogP) is 1.88. The molecule has 1 aliphatic carbocycles. The Bertz CT molecular complexity index is 1130. The molecule has 2 aliphatic rings. The third-order valence-electron chi connectivity index (χ3n) is 5.22. The highest BCUT2D eigenvalue weighted by Crippen LogP contribution is 2.31. The number of halogens is 1. The average Bonchev–Trinajstić information content (AvgIpc) is 3.33. The summed E-state index contributed by atoms with van der Waals surface area (Å²) in [6, 6.07) is 4.48. The largest absolute Gasteiger partial charge is 0.490 e. The molecule has 0 unspecified atom stereocenters. The third-order valence-corrected chi connectivity index (χ3v) is 6.67. The van der Waals surface area contributed by atoms with Crippen LogP contribution in [0.3, 0.4) is 0 Å². The minimum absolute atomic E-state index is 0.0115. The molecule has 2 N–H and O–H groups in total. The van der Waals surface area contributed by atoms with Crippen LogP contribution in [-0.4, -0.2) is 44.4 Å². The van der Waals surface area contributed by atoms with E-state index in [1.165, 1.54) is 24.3 Å². The smallest absolute Gasteiger partial charge is 0.330 e. The van der Waals surface area contributed by atoms with Crippen molar-refractivity contribution in [2.24, 2.45) is 5.92 Å². The fourth-order valence-electron chi connectivity index (χ4n) is 3.20. The zero-order valence-electron chi connectivity index (χ0n) is 17.3. The van der Waals surface area contributed by atoms with E-state index in [-0.39, 0.29) is 36.0 Å². The first-order valence-corrected chi connectivity index (χ1v) is 11.8. The van der Waals surface area contributed by atoms with Gasteiger partial charge >= 0.3 is 6.03 Å². The predicted molar refractivity (Wildman–Crippen MR) is 111 cm³/mol. The van der Waals surface area contributed by atoms with Crippen LogP contribution < -0.4 is 19.7 Å². The molecule has 172 valence electrons. The lowest BCUT2D eigenvalue weighted by molar-refractivity contribution is -0.117. The fourth-order valence-corrected chi connectivity index (χ4v) is 4.46. The number of rotatable bonds is 10.